The average molecular weight is 333 g/mol. The number of imidazole rings is 1. The fourth-order valence-electron chi connectivity index (χ4n) is 1.70. The zero-order chi connectivity index (χ0) is 15.5. The van der Waals surface area contributed by atoms with E-state index in [1.807, 2.05) is 6.92 Å². The van der Waals surface area contributed by atoms with E-state index in [4.69, 9.17) is 5.73 Å². The minimum absolute atomic E-state index is 0.0275. The van der Waals surface area contributed by atoms with Gasteiger partial charge in [-0.1, -0.05) is 0 Å². The number of ether oxygens (including phenoxy) is 1. The van der Waals surface area contributed by atoms with Crippen LogP contribution >= 0.6 is 11.3 Å². The second kappa shape index (κ2) is 6.28. The standard InChI is InChI=1S/C10H15N5O4S2/c1-2-12-7-8(15-4-6-20-10(15)14-7)21(17,18)13-3-5-19-9(11)16/h4,6,12-13H,2-3,5H2,1H3,(H2,11,16). The molecule has 0 saturated heterocycles. The smallest absolute Gasteiger partial charge is 0.404 e. The highest BCUT2D eigenvalue weighted by molar-refractivity contribution is 7.89. The number of hydrogen-bond acceptors (Lipinski definition) is 7. The summed E-state index contributed by atoms with van der Waals surface area (Å²) in [7, 11) is -3.80. The molecule has 4 N–H and O–H groups in total. The molecule has 0 spiro atoms. The summed E-state index contributed by atoms with van der Waals surface area (Å²) in [5, 5.41) is 4.69. The first-order valence-electron chi connectivity index (χ1n) is 6.07. The summed E-state index contributed by atoms with van der Waals surface area (Å²) in [5.74, 6) is 0.285. The number of nitrogens with one attached hydrogen (secondary N) is 2. The summed E-state index contributed by atoms with van der Waals surface area (Å²) in [6, 6.07) is 0. The number of carbonyl (C=O) groups is 1. The van der Waals surface area contributed by atoms with E-state index in [0.29, 0.717) is 11.5 Å². The summed E-state index contributed by atoms with van der Waals surface area (Å²) in [6.45, 7) is 2.17. The second-order valence-corrected chi connectivity index (χ2v) is 6.47. The zero-order valence-corrected chi connectivity index (χ0v) is 12.8. The molecular formula is C10H15N5O4S2. The van der Waals surface area contributed by atoms with Crippen molar-refractivity contribution in [3.63, 3.8) is 0 Å². The van der Waals surface area contributed by atoms with Crippen molar-refractivity contribution in [2.45, 2.75) is 11.9 Å². The van der Waals surface area contributed by atoms with Crippen LogP contribution in [0.15, 0.2) is 16.6 Å². The van der Waals surface area contributed by atoms with Crippen molar-refractivity contribution in [3.8, 4) is 0 Å². The summed E-state index contributed by atoms with van der Waals surface area (Å²) < 4.78 is 33.0. The van der Waals surface area contributed by atoms with Gasteiger partial charge >= 0.3 is 6.09 Å². The molecule has 9 nitrogen and oxygen atoms in total. The number of primary amides is 1. The van der Waals surface area contributed by atoms with Crippen molar-refractivity contribution < 1.29 is 17.9 Å². The summed E-state index contributed by atoms with van der Waals surface area (Å²) in [6.07, 6.45) is 0.676. The van der Waals surface area contributed by atoms with Crippen molar-refractivity contribution in [1.82, 2.24) is 14.1 Å². The number of amides is 1. The molecule has 0 fully saturated rings. The van der Waals surface area contributed by atoms with Crippen LogP contribution < -0.4 is 15.8 Å². The van der Waals surface area contributed by atoms with Crippen LogP contribution in [0.4, 0.5) is 10.6 Å². The highest BCUT2D eigenvalue weighted by Crippen LogP contribution is 2.25. The number of aromatic nitrogens is 2. The van der Waals surface area contributed by atoms with Gasteiger partial charge in [-0.2, -0.15) is 0 Å². The lowest BCUT2D eigenvalue weighted by molar-refractivity contribution is 0.159. The van der Waals surface area contributed by atoms with Crippen LogP contribution in [0.2, 0.25) is 0 Å². The van der Waals surface area contributed by atoms with Gasteiger partial charge in [-0.05, 0) is 6.92 Å². The maximum absolute atomic E-state index is 12.4. The van der Waals surface area contributed by atoms with Crippen LogP contribution in [-0.4, -0.2) is 43.6 Å². The van der Waals surface area contributed by atoms with Gasteiger partial charge in [0.25, 0.3) is 10.0 Å². The van der Waals surface area contributed by atoms with Gasteiger partial charge < -0.3 is 15.8 Å². The van der Waals surface area contributed by atoms with Gasteiger partial charge in [0.05, 0.1) is 0 Å². The third-order valence-electron chi connectivity index (χ3n) is 2.46. The molecule has 11 heteroatoms. The highest BCUT2D eigenvalue weighted by atomic mass is 32.2. The van der Waals surface area contributed by atoms with E-state index >= 15 is 0 Å². The Labute approximate surface area is 125 Å². The molecule has 0 bridgehead atoms. The van der Waals surface area contributed by atoms with Crippen molar-refractivity contribution in [1.29, 1.82) is 0 Å². The molecule has 0 radical (unpaired) electrons. The number of nitrogens with two attached hydrogens (primary N) is 1. The van der Waals surface area contributed by atoms with Crippen LogP contribution in [0, 0.1) is 0 Å². The van der Waals surface area contributed by atoms with Crippen LogP contribution in [0.1, 0.15) is 6.92 Å². The Kier molecular flexibility index (Phi) is 4.65. The molecule has 2 heterocycles. The Balaban J connectivity index is 2.23. The van der Waals surface area contributed by atoms with Gasteiger partial charge in [0, 0.05) is 24.7 Å². The van der Waals surface area contributed by atoms with Crippen molar-refractivity contribution >= 4 is 38.2 Å². The molecule has 0 aromatic carbocycles. The van der Waals surface area contributed by atoms with Crippen molar-refractivity contribution in [2.75, 3.05) is 25.0 Å². The average Bonchev–Trinajstić information content (AvgIpc) is 2.94. The fourth-order valence-corrected chi connectivity index (χ4v) is 3.74. The first kappa shape index (κ1) is 15.5. The summed E-state index contributed by atoms with van der Waals surface area (Å²) in [5.41, 5.74) is 4.80. The van der Waals surface area contributed by atoms with E-state index in [9.17, 15) is 13.2 Å². The first-order chi connectivity index (χ1) is 9.95. The summed E-state index contributed by atoms with van der Waals surface area (Å²) in [4.78, 5) is 15.2. The van der Waals surface area contributed by atoms with Crippen LogP contribution in [0.3, 0.4) is 0 Å². The van der Waals surface area contributed by atoms with E-state index in [1.165, 1.54) is 15.7 Å². The third kappa shape index (κ3) is 3.43. The molecule has 0 aliphatic heterocycles. The molecule has 116 valence electrons. The van der Waals surface area contributed by atoms with Crippen molar-refractivity contribution in [3.05, 3.63) is 11.6 Å². The van der Waals surface area contributed by atoms with E-state index in [1.54, 1.807) is 11.6 Å². The third-order valence-corrected chi connectivity index (χ3v) is 4.70. The first-order valence-corrected chi connectivity index (χ1v) is 8.43. The van der Waals surface area contributed by atoms with Crippen LogP contribution in [-0.2, 0) is 14.8 Å². The maximum Gasteiger partial charge on any atom is 0.404 e. The molecule has 21 heavy (non-hydrogen) atoms. The Bertz CT molecular complexity index is 736. The van der Waals surface area contributed by atoms with Gasteiger partial charge in [-0.25, -0.2) is 22.9 Å². The largest absolute Gasteiger partial charge is 0.448 e. The van der Waals surface area contributed by atoms with Gasteiger partial charge in [0.1, 0.15) is 6.61 Å². The lowest BCUT2D eigenvalue weighted by atomic mass is 10.6. The lowest BCUT2D eigenvalue weighted by Crippen LogP contribution is -2.30. The fraction of sp³-hybridized carbons (Fsp3) is 0.400. The number of rotatable bonds is 7. The molecule has 0 atom stereocenters. The number of sulfonamides is 1. The Hall–Kier alpha value is -1.85. The minimum atomic E-state index is -3.80. The molecule has 1 amide bonds. The normalized spacial score (nSPS) is 11.7. The maximum atomic E-state index is 12.4. The minimum Gasteiger partial charge on any atom is -0.448 e. The molecule has 0 unspecified atom stereocenters. The Morgan fingerprint density at radius 3 is 3.00 bits per heavy atom. The van der Waals surface area contributed by atoms with E-state index < -0.39 is 16.1 Å². The van der Waals surface area contributed by atoms with Gasteiger partial charge in [-0.3, -0.25) is 4.40 Å². The van der Waals surface area contributed by atoms with Crippen LogP contribution in [0.25, 0.3) is 4.96 Å². The van der Waals surface area contributed by atoms with Gasteiger partial charge in [0.15, 0.2) is 15.8 Å². The van der Waals surface area contributed by atoms with E-state index in [2.05, 4.69) is 19.8 Å². The predicted octanol–water partition coefficient (Wildman–Crippen LogP) is 0.201. The molecule has 0 aliphatic carbocycles. The SMILES string of the molecule is CCNc1nc2sccn2c1S(=O)(=O)NCCOC(N)=O. The Morgan fingerprint density at radius 1 is 1.57 bits per heavy atom. The molecule has 0 aliphatic rings. The number of anilines is 1. The number of thiazole rings is 1. The quantitative estimate of drug-likeness (QED) is 0.621. The van der Waals surface area contributed by atoms with Gasteiger partial charge in [-0.15, -0.1) is 11.3 Å². The molecule has 2 aromatic heterocycles. The number of nitrogens with zero attached hydrogens (tertiary/aromatic N) is 2. The number of fused-ring (bicyclic) bond motifs is 1. The highest BCUT2D eigenvalue weighted by Gasteiger charge is 2.25. The summed E-state index contributed by atoms with van der Waals surface area (Å²) >= 11 is 1.33. The second-order valence-electron chi connectivity index (χ2n) is 3.92. The number of hydrogen-bond donors (Lipinski definition) is 3. The zero-order valence-electron chi connectivity index (χ0n) is 11.2. The lowest BCUT2D eigenvalue weighted by Gasteiger charge is -2.08. The molecule has 2 rings (SSSR count). The van der Waals surface area contributed by atoms with E-state index in [0.717, 1.165) is 0 Å². The molecule has 2 aromatic rings. The molecule has 0 saturated carbocycles. The van der Waals surface area contributed by atoms with Crippen molar-refractivity contribution in [2.24, 2.45) is 5.73 Å². The molecular weight excluding hydrogens is 318 g/mol. The monoisotopic (exact) mass is 333 g/mol. The topological polar surface area (TPSA) is 128 Å². The number of carbonyl (C=O) groups excluding carboxylic acids is 1. The van der Waals surface area contributed by atoms with E-state index in [-0.39, 0.29) is 24.0 Å². The van der Waals surface area contributed by atoms with Crippen LogP contribution in [0.5, 0.6) is 0 Å². The Morgan fingerprint density at radius 2 is 2.33 bits per heavy atom. The van der Waals surface area contributed by atoms with Gasteiger partial charge in [0.2, 0.25) is 0 Å². The predicted molar refractivity (Wildman–Crippen MR) is 78.0 cm³/mol.